The van der Waals surface area contributed by atoms with Crippen LogP contribution in [-0.2, 0) is 4.79 Å². The van der Waals surface area contributed by atoms with Gasteiger partial charge in [-0.25, -0.2) is 4.98 Å². The van der Waals surface area contributed by atoms with Crippen molar-refractivity contribution >= 4 is 17.5 Å². The van der Waals surface area contributed by atoms with Gasteiger partial charge in [0.15, 0.2) is 5.82 Å². The third kappa shape index (κ3) is 1.50. The van der Waals surface area contributed by atoms with Crippen LogP contribution in [0.2, 0.25) is 0 Å². The van der Waals surface area contributed by atoms with Gasteiger partial charge >= 0.3 is 0 Å². The van der Waals surface area contributed by atoms with E-state index in [1.54, 1.807) is 0 Å². The zero-order valence-corrected chi connectivity index (χ0v) is 8.00. The highest BCUT2D eigenvalue weighted by Gasteiger charge is 2.20. The van der Waals surface area contributed by atoms with Crippen LogP contribution in [0.1, 0.15) is 5.82 Å². The Morgan fingerprint density at radius 2 is 2.36 bits per heavy atom. The van der Waals surface area contributed by atoms with Crippen molar-refractivity contribution in [3.05, 3.63) is 5.82 Å². The molecule has 4 N–H and O–H groups in total. The van der Waals surface area contributed by atoms with Crippen LogP contribution in [0.3, 0.4) is 0 Å². The Hall–Kier alpha value is -1.72. The monoisotopic (exact) mass is 195 g/mol. The molecular weight excluding hydrogens is 182 g/mol. The zero-order chi connectivity index (χ0) is 10.1. The molecule has 0 saturated carbocycles. The molecule has 0 aromatic carbocycles. The van der Waals surface area contributed by atoms with Gasteiger partial charge in [-0.2, -0.15) is 0 Å². The maximum absolute atomic E-state index is 11.1. The number of H-pyrrole nitrogens is 1. The SMILES string of the molecule is Cc1nc(N2CCNC(=O)C2)c(N)[nH]1. The van der Waals surface area contributed by atoms with Crippen molar-refractivity contribution in [2.24, 2.45) is 0 Å². The fraction of sp³-hybridized carbons (Fsp3) is 0.500. The molecule has 0 unspecified atom stereocenters. The minimum atomic E-state index is 0.0105. The number of amides is 1. The Bertz CT molecular complexity index is 359. The van der Waals surface area contributed by atoms with Crippen LogP contribution in [0.5, 0.6) is 0 Å². The van der Waals surface area contributed by atoms with E-state index in [-0.39, 0.29) is 5.91 Å². The van der Waals surface area contributed by atoms with Crippen LogP contribution in [0.25, 0.3) is 0 Å². The number of rotatable bonds is 1. The summed E-state index contributed by atoms with van der Waals surface area (Å²) in [4.78, 5) is 20.2. The summed E-state index contributed by atoms with van der Waals surface area (Å²) < 4.78 is 0. The van der Waals surface area contributed by atoms with Crippen molar-refractivity contribution in [1.29, 1.82) is 0 Å². The molecule has 0 radical (unpaired) electrons. The zero-order valence-electron chi connectivity index (χ0n) is 8.00. The standard InChI is InChI=1S/C8H13N5O/c1-5-11-7(9)8(12-5)13-3-2-10-6(14)4-13/h2-4,9H2,1H3,(H,10,14)(H,11,12). The van der Waals surface area contributed by atoms with Crippen LogP contribution in [0.15, 0.2) is 0 Å². The highest BCUT2D eigenvalue weighted by molar-refractivity contribution is 5.83. The summed E-state index contributed by atoms with van der Waals surface area (Å²) in [5.74, 6) is 1.98. The number of imidazole rings is 1. The lowest BCUT2D eigenvalue weighted by Crippen LogP contribution is -2.48. The van der Waals surface area contributed by atoms with Crippen molar-refractivity contribution in [2.45, 2.75) is 6.92 Å². The molecule has 2 rings (SSSR count). The topological polar surface area (TPSA) is 87.0 Å². The molecule has 2 heterocycles. The van der Waals surface area contributed by atoms with Crippen molar-refractivity contribution < 1.29 is 4.79 Å². The van der Waals surface area contributed by atoms with Crippen molar-refractivity contribution in [3.8, 4) is 0 Å². The summed E-state index contributed by atoms with van der Waals surface area (Å²) in [7, 11) is 0. The molecule has 1 fully saturated rings. The van der Waals surface area contributed by atoms with Gasteiger partial charge in [-0.05, 0) is 6.92 Å². The Morgan fingerprint density at radius 3 is 2.93 bits per heavy atom. The van der Waals surface area contributed by atoms with Gasteiger partial charge < -0.3 is 20.9 Å². The molecule has 0 aliphatic carbocycles. The third-order valence-corrected chi connectivity index (χ3v) is 2.17. The number of nitrogens with zero attached hydrogens (tertiary/aromatic N) is 2. The van der Waals surface area contributed by atoms with Gasteiger partial charge in [0.2, 0.25) is 5.91 Å². The van der Waals surface area contributed by atoms with Crippen LogP contribution >= 0.6 is 0 Å². The van der Waals surface area contributed by atoms with Crippen LogP contribution in [-0.4, -0.2) is 35.5 Å². The molecule has 76 valence electrons. The number of aryl methyl sites for hydroxylation is 1. The van der Waals surface area contributed by atoms with E-state index in [0.717, 1.165) is 12.4 Å². The summed E-state index contributed by atoms with van der Waals surface area (Å²) in [6.07, 6.45) is 0. The average molecular weight is 195 g/mol. The molecule has 6 heteroatoms. The van der Waals surface area contributed by atoms with E-state index in [2.05, 4.69) is 15.3 Å². The predicted octanol–water partition coefficient (Wildman–Crippen LogP) is -0.763. The van der Waals surface area contributed by atoms with E-state index in [9.17, 15) is 4.79 Å². The van der Waals surface area contributed by atoms with E-state index in [1.165, 1.54) is 0 Å². The summed E-state index contributed by atoms with van der Waals surface area (Å²) >= 11 is 0. The van der Waals surface area contributed by atoms with E-state index in [1.807, 2.05) is 11.8 Å². The first-order valence-corrected chi connectivity index (χ1v) is 4.50. The molecular formula is C8H13N5O. The minimum absolute atomic E-state index is 0.0105. The Morgan fingerprint density at radius 1 is 1.57 bits per heavy atom. The molecule has 1 saturated heterocycles. The molecule has 1 aromatic rings. The van der Waals surface area contributed by atoms with Crippen molar-refractivity contribution in [1.82, 2.24) is 15.3 Å². The molecule has 1 amide bonds. The lowest BCUT2D eigenvalue weighted by Gasteiger charge is -2.26. The smallest absolute Gasteiger partial charge is 0.239 e. The minimum Gasteiger partial charge on any atom is -0.382 e. The summed E-state index contributed by atoms with van der Waals surface area (Å²) in [5, 5.41) is 2.75. The highest BCUT2D eigenvalue weighted by Crippen LogP contribution is 2.19. The quantitative estimate of drug-likeness (QED) is 0.549. The van der Waals surface area contributed by atoms with E-state index < -0.39 is 0 Å². The fourth-order valence-corrected chi connectivity index (χ4v) is 1.56. The maximum Gasteiger partial charge on any atom is 0.239 e. The summed E-state index contributed by atoms with van der Waals surface area (Å²) in [6.45, 7) is 3.56. The number of carbonyl (C=O) groups is 1. The van der Waals surface area contributed by atoms with Crippen molar-refractivity contribution in [3.63, 3.8) is 0 Å². The molecule has 14 heavy (non-hydrogen) atoms. The lowest BCUT2D eigenvalue weighted by molar-refractivity contribution is -0.120. The lowest BCUT2D eigenvalue weighted by atomic mass is 10.3. The Labute approximate surface area is 81.5 Å². The van der Waals surface area contributed by atoms with Crippen LogP contribution in [0, 0.1) is 6.92 Å². The third-order valence-electron chi connectivity index (χ3n) is 2.17. The van der Waals surface area contributed by atoms with E-state index in [4.69, 9.17) is 5.73 Å². The number of nitrogens with one attached hydrogen (secondary N) is 2. The second-order valence-electron chi connectivity index (χ2n) is 3.33. The normalized spacial score (nSPS) is 16.9. The number of carbonyl (C=O) groups excluding carboxylic acids is 1. The van der Waals surface area contributed by atoms with Gasteiger partial charge in [0.05, 0.1) is 6.54 Å². The predicted molar refractivity (Wildman–Crippen MR) is 53.0 cm³/mol. The maximum atomic E-state index is 11.1. The van der Waals surface area contributed by atoms with Crippen molar-refractivity contribution in [2.75, 3.05) is 30.3 Å². The van der Waals surface area contributed by atoms with Gasteiger partial charge in [0.25, 0.3) is 0 Å². The summed E-state index contributed by atoms with van der Waals surface area (Å²) in [5.41, 5.74) is 5.73. The number of hydrogen-bond donors (Lipinski definition) is 3. The Balaban J connectivity index is 2.21. The molecule has 0 bridgehead atoms. The first-order chi connectivity index (χ1) is 6.66. The number of aromatic amines is 1. The van der Waals surface area contributed by atoms with E-state index >= 15 is 0 Å². The first kappa shape index (κ1) is 8.86. The second-order valence-corrected chi connectivity index (χ2v) is 3.33. The second kappa shape index (κ2) is 3.21. The van der Waals surface area contributed by atoms with Crippen LogP contribution in [0.4, 0.5) is 11.6 Å². The van der Waals surface area contributed by atoms with Gasteiger partial charge in [0, 0.05) is 13.1 Å². The fourth-order valence-electron chi connectivity index (χ4n) is 1.56. The molecule has 1 aromatic heterocycles. The molecule has 1 aliphatic heterocycles. The van der Waals surface area contributed by atoms with Crippen LogP contribution < -0.4 is 16.0 Å². The van der Waals surface area contributed by atoms with Gasteiger partial charge in [0.1, 0.15) is 11.6 Å². The number of anilines is 2. The molecule has 0 spiro atoms. The summed E-state index contributed by atoms with van der Waals surface area (Å²) in [6, 6.07) is 0. The number of aromatic nitrogens is 2. The number of nitrogen functional groups attached to an aromatic ring is 1. The highest BCUT2D eigenvalue weighted by atomic mass is 16.2. The van der Waals surface area contributed by atoms with E-state index in [0.29, 0.717) is 24.7 Å². The molecule has 0 atom stereocenters. The van der Waals surface area contributed by atoms with Gasteiger partial charge in [-0.3, -0.25) is 4.79 Å². The number of hydrogen-bond acceptors (Lipinski definition) is 4. The largest absolute Gasteiger partial charge is 0.382 e. The molecule has 6 nitrogen and oxygen atoms in total. The number of nitrogens with two attached hydrogens (primary N) is 1. The van der Waals surface area contributed by atoms with Gasteiger partial charge in [-0.1, -0.05) is 0 Å². The molecule has 1 aliphatic rings. The number of piperazine rings is 1. The first-order valence-electron chi connectivity index (χ1n) is 4.50. The van der Waals surface area contributed by atoms with Gasteiger partial charge in [-0.15, -0.1) is 0 Å². The Kier molecular flexibility index (Phi) is 2.03. The average Bonchev–Trinajstić information content (AvgIpc) is 2.45.